The standard InChI is InChI=1S/C12H19N3O2/c1-15(2)4-3-5-17-12(16)9-6-10(13)8-11(14)7-9/h6-8H,3-5,13-14H2,1-2H3. The second kappa shape index (κ2) is 6.10. The topological polar surface area (TPSA) is 81.6 Å². The Morgan fingerprint density at radius 3 is 2.35 bits per heavy atom. The van der Waals surface area contributed by atoms with E-state index in [0.29, 0.717) is 23.5 Å². The van der Waals surface area contributed by atoms with Crippen molar-refractivity contribution in [3.8, 4) is 0 Å². The minimum Gasteiger partial charge on any atom is -0.462 e. The first-order valence-electron chi connectivity index (χ1n) is 5.47. The lowest BCUT2D eigenvalue weighted by molar-refractivity contribution is 0.0493. The molecule has 1 aromatic carbocycles. The molecule has 4 N–H and O–H groups in total. The van der Waals surface area contributed by atoms with Crippen molar-refractivity contribution in [2.45, 2.75) is 6.42 Å². The Bertz CT molecular complexity index is 371. The SMILES string of the molecule is CN(C)CCCOC(=O)c1cc(N)cc(N)c1. The van der Waals surface area contributed by atoms with Crippen molar-refractivity contribution in [3.63, 3.8) is 0 Å². The van der Waals surface area contributed by atoms with Crippen LogP contribution in [-0.4, -0.2) is 38.1 Å². The molecule has 5 nitrogen and oxygen atoms in total. The number of nitrogen functional groups attached to an aromatic ring is 2. The molecule has 0 atom stereocenters. The van der Waals surface area contributed by atoms with Gasteiger partial charge in [0.1, 0.15) is 0 Å². The fourth-order valence-corrected chi connectivity index (χ4v) is 1.42. The van der Waals surface area contributed by atoms with E-state index in [2.05, 4.69) is 0 Å². The predicted octanol–water partition coefficient (Wildman–Crippen LogP) is 0.960. The summed E-state index contributed by atoms with van der Waals surface area (Å²) in [4.78, 5) is 13.7. The summed E-state index contributed by atoms with van der Waals surface area (Å²) >= 11 is 0. The van der Waals surface area contributed by atoms with Crippen molar-refractivity contribution < 1.29 is 9.53 Å². The molecular weight excluding hydrogens is 218 g/mol. The van der Waals surface area contributed by atoms with Crippen LogP contribution in [0.5, 0.6) is 0 Å². The van der Waals surface area contributed by atoms with Crippen LogP contribution >= 0.6 is 0 Å². The van der Waals surface area contributed by atoms with Gasteiger partial charge < -0.3 is 21.1 Å². The number of benzene rings is 1. The van der Waals surface area contributed by atoms with E-state index in [1.165, 1.54) is 0 Å². The molecule has 0 fully saturated rings. The first-order chi connectivity index (χ1) is 7.99. The van der Waals surface area contributed by atoms with E-state index < -0.39 is 0 Å². The number of carbonyl (C=O) groups is 1. The molecule has 0 aromatic heterocycles. The van der Waals surface area contributed by atoms with Crippen molar-refractivity contribution in [2.24, 2.45) is 0 Å². The van der Waals surface area contributed by atoms with Gasteiger partial charge in [0.2, 0.25) is 0 Å². The zero-order chi connectivity index (χ0) is 12.8. The number of anilines is 2. The normalized spacial score (nSPS) is 10.5. The molecule has 0 spiro atoms. The van der Waals surface area contributed by atoms with E-state index in [4.69, 9.17) is 16.2 Å². The third kappa shape index (κ3) is 4.74. The number of hydrogen-bond acceptors (Lipinski definition) is 5. The molecule has 1 rings (SSSR count). The first kappa shape index (κ1) is 13.3. The number of hydrogen-bond donors (Lipinski definition) is 2. The van der Waals surface area contributed by atoms with Gasteiger partial charge in [-0.05, 0) is 38.7 Å². The van der Waals surface area contributed by atoms with Gasteiger partial charge in [0, 0.05) is 17.9 Å². The summed E-state index contributed by atoms with van der Waals surface area (Å²) in [7, 11) is 3.95. The van der Waals surface area contributed by atoms with E-state index in [1.807, 2.05) is 19.0 Å². The average molecular weight is 237 g/mol. The van der Waals surface area contributed by atoms with Gasteiger partial charge in [-0.3, -0.25) is 0 Å². The molecule has 1 aromatic rings. The van der Waals surface area contributed by atoms with E-state index in [0.717, 1.165) is 13.0 Å². The zero-order valence-electron chi connectivity index (χ0n) is 10.3. The summed E-state index contributed by atoms with van der Waals surface area (Å²) in [6, 6.07) is 4.72. The molecule has 0 aliphatic rings. The number of nitrogens with two attached hydrogens (primary N) is 2. The fourth-order valence-electron chi connectivity index (χ4n) is 1.42. The lowest BCUT2D eigenvalue weighted by Gasteiger charge is -2.10. The number of rotatable bonds is 5. The molecule has 0 amide bonds. The Kier molecular flexibility index (Phi) is 4.78. The van der Waals surface area contributed by atoms with Crippen LogP contribution < -0.4 is 11.5 Å². The van der Waals surface area contributed by atoms with E-state index in [-0.39, 0.29) is 5.97 Å². The minimum absolute atomic E-state index is 0.386. The van der Waals surface area contributed by atoms with Crippen molar-refractivity contribution in [3.05, 3.63) is 23.8 Å². The summed E-state index contributed by atoms with van der Waals surface area (Å²) in [5.74, 6) is -0.386. The molecule has 0 aliphatic heterocycles. The van der Waals surface area contributed by atoms with Gasteiger partial charge in [-0.15, -0.1) is 0 Å². The molecular formula is C12H19N3O2. The van der Waals surface area contributed by atoms with Gasteiger partial charge in [-0.25, -0.2) is 4.79 Å². The second-order valence-corrected chi connectivity index (χ2v) is 4.18. The maximum absolute atomic E-state index is 11.6. The lowest BCUT2D eigenvalue weighted by Crippen LogP contribution is -2.16. The van der Waals surface area contributed by atoms with Crippen LogP contribution in [0.15, 0.2) is 18.2 Å². The highest BCUT2D eigenvalue weighted by atomic mass is 16.5. The highest BCUT2D eigenvalue weighted by Crippen LogP contribution is 2.14. The van der Waals surface area contributed by atoms with Gasteiger partial charge in [0.15, 0.2) is 0 Å². The third-order valence-corrected chi connectivity index (χ3v) is 2.20. The van der Waals surface area contributed by atoms with Crippen molar-refractivity contribution >= 4 is 17.3 Å². The molecule has 0 bridgehead atoms. The summed E-state index contributed by atoms with van der Waals surface area (Å²) in [6.45, 7) is 1.28. The second-order valence-electron chi connectivity index (χ2n) is 4.18. The number of nitrogens with zero attached hydrogens (tertiary/aromatic N) is 1. The van der Waals surface area contributed by atoms with E-state index >= 15 is 0 Å². The summed E-state index contributed by atoms with van der Waals surface area (Å²) < 4.78 is 5.11. The fraction of sp³-hybridized carbons (Fsp3) is 0.417. The molecule has 0 aliphatic carbocycles. The smallest absolute Gasteiger partial charge is 0.338 e. The Labute approximate surface area is 101 Å². The summed E-state index contributed by atoms with van der Waals surface area (Å²) in [5.41, 5.74) is 12.5. The Balaban J connectivity index is 2.47. The quantitative estimate of drug-likeness (QED) is 0.453. The maximum Gasteiger partial charge on any atom is 0.338 e. The van der Waals surface area contributed by atoms with Gasteiger partial charge in [-0.2, -0.15) is 0 Å². The Morgan fingerprint density at radius 1 is 1.24 bits per heavy atom. The van der Waals surface area contributed by atoms with Crippen LogP contribution in [0.2, 0.25) is 0 Å². The van der Waals surface area contributed by atoms with Crippen LogP contribution in [0.4, 0.5) is 11.4 Å². The van der Waals surface area contributed by atoms with E-state index in [1.54, 1.807) is 18.2 Å². The monoisotopic (exact) mass is 237 g/mol. The first-order valence-corrected chi connectivity index (χ1v) is 5.47. The minimum atomic E-state index is -0.386. The molecule has 94 valence electrons. The van der Waals surface area contributed by atoms with Crippen molar-refractivity contribution in [1.82, 2.24) is 4.90 Å². The maximum atomic E-state index is 11.6. The van der Waals surface area contributed by atoms with Gasteiger partial charge in [0.25, 0.3) is 0 Å². The number of esters is 1. The summed E-state index contributed by atoms with van der Waals surface area (Å²) in [6.07, 6.45) is 0.802. The number of carbonyl (C=O) groups excluding carboxylic acids is 1. The third-order valence-electron chi connectivity index (χ3n) is 2.20. The highest BCUT2D eigenvalue weighted by molar-refractivity contribution is 5.91. The van der Waals surface area contributed by atoms with Crippen molar-refractivity contribution in [1.29, 1.82) is 0 Å². The zero-order valence-corrected chi connectivity index (χ0v) is 10.3. The molecule has 17 heavy (non-hydrogen) atoms. The predicted molar refractivity (Wildman–Crippen MR) is 68.7 cm³/mol. The molecule has 5 heteroatoms. The van der Waals surface area contributed by atoms with Crippen LogP contribution in [0, 0.1) is 0 Å². The average Bonchev–Trinajstić information content (AvgIpc) is 2.22. The van der Waals surface area contributed by atoms with Crippen LogP contribution in [0.25, 0.3) is 0 Å². The molecule has 0 saturated heterocycles. The Morgan fingerprint density at radius 2 is 1.82 bits per heavy atom. The Hall–Kier alpha value is -1.75. The van der Waals surface area contributed by atoms with E-state index in [9.17, 15) is 4.79 Å². The molecule has 0 heterocycles. The summed E-state index contributed by atoms with van der Waals surface area (Å²) in [5, 5.41) is 0. The van der Waals surface area contributed by atoms with Gasteiger partial charge >= 0.3 is 5.97 Å². The van der Waals surface area contributed by atoms with Gasteiger partial charge in [-0.1, -0.05) is 0 Å². The van der Waals surface area contributed by atoms with Gasteiger partial charge in [0.05, 0.1) is 12.2 Å². The lowest BCUT2D eigenvalue weighted by atomic mass is 10.2. The largest absolute Gasteiger partial charge is 0.462 e. The van der Waals surface area contributed by atoms with Crippen LogP contribution in [0.1, 0.15) is 16.8 Å². The van der Waals surface area contributed by atoms with Crippen LogP contribution in [0.3, 0.4) is 0 Å². The van der Waals surface area contributed by atoms with Crippen molar-refractivity contribution in [2.75, 3.05) is 38.7 Å². The highest BCUT2D eigenvalue weighted by Gasteiger charge is 2.08. The molecule has 0 radical (unpaired) electrons. The molecule has 0 unspecified atom stereocenters. The number of ether oxygens (including phenoxy) is 1. The van der Waals surface area contributed by atoms with Crippen LogP contribution in [-0.2, 0) is 4.74 Å². The molecule has 0 saturated carbocycles.